The smallest absolute Gasteiger partial charge is 0.275 e. The molecule has 0 saturated carbocycles. The van der Waals surface area contributed by atoms with Crippen molar-refractivity contribution in [2.24, 2.45) is 0 Å². The number of pyridine rings is 1. The van der Waals surface area contributed by atoms with Crippen LogP contribution in [-0.2, 0) is 11.4 Å². The maximum Gasteiger partial charge on any atom is 0.275 e. The Labute approximate surface area is 197 Å². The van der Waals surface area contributed by atoms with Gasteiger partial charge in [0.15, 0.2) is 6.20 Å². The van der Waals surface area contributed by atoms with E-state index in [2.05, 4.69) is 5.48 Å². The summed E-state index contributed by atoms with van der Waals surface area (Å²) in [6.07, 6.45) is 3.79. The van der Waals surface area contributed by atoms with E-state index in [-0.39, 0.29) is 42.1 Å². The molecule has 3 rings (SSSR count). The minimum Gasteiger partial charge on any atom is -1.00 e. The van der Waals surface area contributed by atoms with Crippen LogP contribution in [0.15, 0.2) is 79.0 Å². The number of rotatable bonds is 8. The highest BCUT2D eigenvalue weighted by Gasteiger charge is 2.18. The summed E-state index contributed by atoms with van der Waals surface area (Å²) in [7, 11) is 1.70. The van der Waals surface area contributed by atoms with E-state index in [1.165, 1.54) is 24.3 Å². The molecule has 1 N–H and O–H groups in total. The number of carbonyl (C=O) groups excluding carboxylic acids is 1. The lowest BCUT2D eigenvalue weighted by Crippen LogP contribution is -3.00. The van der Waals surface area contributed by atoms with Gasteiger partial charge < -0.3 is 24.0 Å². The summed E-state index contributed by atoms with van der Waals surface area (Å²) in [5.41, 5.74) is 5.96. The zero-order chi connectivity index (χ0) is 20.6. The highest BCUT2D eigenvalue weighted by molar-refractivity contribution is 6.28. The second kappa shape index (κ2) is 11.9. The third kappa shape index (κ3) is 6.43. The predicted molar refractivity (Wildman–Crippen MR) is 111 cm³/mol. The Bertz CT molecular complexity index is 1010. The maximum absolute atomic E-state index is 13.1. The maximum atomic E-state index is 13.1. The summed E-state index contributed by atoms with van der Waals surface area (Å²) >= 11 is 6.33. The van der Waals surface area contributed by atoms with E-state index in [4.69, 9.17) is 16.4 Å². The standard InChI is InChI=1S/C23H21ClFN2O2.HI/c1-26-29-14-13-21(17-5-3-2-4-6-17)19-9-12-23(24)27(15-19)16-22(28)18-7-10-20(25)11-8-18;/h2-13,15,26H,14,16H2,1H3;1H/q+1;/p-1/b21-13+;. The molecule has 0 amide bonds. The number of benzene rings is 2. The van der Waals surface area contributed by atoms with Crippen LogP contribution in [0, 0.1) is 5.82 Å². The number of nitrogens with zero attached hydrogens (tertiary/aromatic N) is 1. The quantitative estimate of drug-likeness (QED) is 0.117. The fraction of sp³-hybridized carbons (Fsp3) is 0.130. The summed E-state index contributed by atoms with van der Waals surface area (Å²) < 4.78 is 14.8. The molecular formula is C23H21ClFIN2O2. The summed E-state index contributed by atoms with van der Waals surface area (Å²) in [6, 6.07) is 19.0. The lowest BCUT2D eigenvalue weighted by atomic mass is 9.99. The zero-order valence-corrected chi connectivity index (χ0v) is 19.2. The molecular weight excluding hydrogens is 518 g/mol. The molecule has 3 aromatic rings. The van der Waals surface area contributed by atoms with Crippen LogP contribution in [-0.4, -0.2) is 19.4 Å². The van der Waals surface area contributed by atoms with Crippen molar-refractivity contribution in [2.45, 2.75) is 6.54 Å². The van der Waals surface area contributed by atoms with Crippen LogP contribution in [0.2, 0.25) is 5.15 Å². The van der Waals surface area contributed by atoms with Gasteiger partial charge in [0.2, 0.25) is 12.3 Å². The van der Waals surface area contributed by atoms with Crippen LogP contribution in [0.25, 0.3) is 5.57 Å². The lowest BCUT2D eigenvalue weighted by Gasteiger charge is -2.09. The van der Waals surface area contributed by atoms with E-state index in [0.717, 1.165) is 16.7 Å². The van der Waals surface area contributed by atoms with Crippen molar-refractivity contribution in [1.29, 1.82) is 0 Å². The molecule has 0 spiro atoms. The number of hydrogen-bond acceptors (Lipinski definition) is 3. The first-order valence-corrected chi connectivity index (χ1v) is 9.48. The molecule has 0 aliphatic carbocycles. The molecule has 0 atom stereocenters. The van der Waals surface area contributed by atoms with Crippen LogP contribution in [0.1, 0.15) is 21.5 Å². The number of Topliss-reactive ketones (excluding diaryl/α,β-unsaturated/α-hetero) is 1. The Morgan fingerprint density at radius 3 is 2.37 bits per heavy atom. The van der Waals surface area contributed by atoms with Gasteiger partial charge in [-0.1, -0.05) is 30.3 Å². The molecule has 1 heterocycles. The van der Waals surface area contributed by atoms with Gasteiger partial charge in [-0.25, -0.2) is 9.87 Å². The molecule has 0 bridgehead atoms. The second-order valence-electron chi connectivity index (χ2n) is 6.30. The first-order chi connectivity index (χ1) is 14.1. The molecule has 0 unspecified atom stereocenters. The molecule has 156 valence electrons. The van der Waals surface area contributed by atoms with Crippen molar-refractivity contribution < 1.29 is 42.6 Å². The van der Waals surface area contributed by atoms with Gasteiger partial charge in [0, 0.05) is 24.2 Å². The largest absolute Gasteiger partial charge is 1.00 e. The first kappa shape index (κ1) is 24.1. The van der Waals surface area contributed by atoms with E-state index in [1.54, 1.807) is 17.7 Å². The van der Waals surface area contributed by atoms with Crippen molar-refractivity contribution >= 4 is 23.0 Å². The Kier molecular flexibility index (Phi) is 9.58. The average molecular weight is 539 g/mol. The summed E-state index contributed by atoms with van der Waals surface area (Å²) in [4.78, 5) is 17.8. The van der Waals surface area contributed by atoms with Gasteiger partial charge in [0.1, 0.15) is 5.82 Å². The number of carbonyl (C=O) groups is 1. The van der Waals surface area contributed by atoms with Gasteiger partial charge in [-0.15, -0.1) is 0 Å². The van der Waals surface area contributed by atoms with Crippen LogP contribution in [0.4, 0.5) is 4.39 Å². The fourth-order valence-corrected chi connectivity index (χ4v) is 3.09. The van der Waals surface area contributed by atoms with Crippen molar-refractivity contribution in [2.75, 3.05) is 13.7 Å². The number of aromatic nitrogens is 1. The minimum atomic E-state index is -0.379. The summed E-state index contributed by atoms with van der Waals surface area (Å²) in [5.74, 6) is -0.534. The SMILES string of the molecule is CNOC/C=C(\c1ccccc1)c1ccc(Cl)[n+](CC(=O)c2ccc(F)cc2)c1.[I-]. The molecule has 7 heteroatoms. The summed E-state index contributed by atoms with van der Waals surface area (Å²) in [6.45, 7) is 0.422. The Balaban J connectivity index is 0.00000320. The summed E-state index contributed by atoms with van der Waals surface area (Å²) in [5, 5.41) is 0.433. The normalized spacial score (nSPS) is 11.1. The van der Waals surface area contributed by atoms with Gasteiger partial charge in [-0.2, -0.15) is 4.57 Å². The number of ketones is 1. The van der Waals surface area contributed by atoms with Gasteiger partial charge >= 0.3 is 0 Å². The Hall–Kier alpha value is -2.13. The average Bonchev–Trinajstić information content (AvgIpc) is 2.74. The van der Waals surface area contributed by atoms with Gasteiger partial charge in [0.05, 0.1) is 6.61 Å². The van der Waals surface area contributed by atoms with E-state index < -0.39 is 0 Å². The van der Waals surface area contributed by atoms with Crippen molar-refractivity contribution in [3.63, 3.8) is 0 Å². The van der Waals surface area contributed by atoms with Crippen molar-refractivity contribution in [1.82, 2.24) is 5.48 Å². The number of hydroxylamine groups is 1. The molecule has 0 fully saturated rings. The van der Waals surface area contributed by atoms with Crippen LogP contribution >= 0.6 is 11.6 Å². The topological polar surface area (TPSA) is 42.2 Å². The first-order valence-electron chi connectivity index (χ1n) is 9.10. The van der Waals surface area contributed by atoms with Gasteiger partial charge in [0.25, 0.3) is 5.15 Å². The number of hydrogen-bond donors (Lipinski definition) is 1. The van der Waals surface area contributed by atoms with Crippen molar-refractivity contribution in [3.8, 4) is 0 Å². The minimum absolute atomic E-state index is 0. The zero-order valence-electron chi connectivity index (χ0n) is 16.3. The molecule has 4 nitrogen and oxygen atoms in total. The third-order valence-corrected chi connectivity index (χ3v) is 4.70. The molecule has 1 aromatic heterocycles. The van der Waals surface area contributed by atoms with Crippen molar-refractivity contribution in [3.05, 3.63) is 107 Å². The molecule has 0 aliphatic rings. The van der Waals surface area contributed by atoms with E-state index in [0.29, 0.717) is 17.3 Å². The van der Waals surface area contributed by atoms with Gasteiger partial charge in [-0.3, -0.25) is 9.63 Å². The lowest BCUT2D eigenvalue weighted by molar-refractivity contribution is -0.681. The van der Waals surface area contributed by atoms with E-state index in [9.17, 15) is 9.18 Å². The van der Waals surface area contributed by atoms with Gasteiger partial charge in [-0.05, 0) is 59.1 Å². The van der Waals surface area contributed by atoms with E-state index in [1.807, 2.05) is 48.7 Å². The highest BCUT2D eigenvalue weighted by Crippen LogP contribution is 2.23. The van der Waals surface area contributed by atoms with Crippen LogP contribution in [0.5, 0.6) is 0 Å². The third-order valence-electron chi connectivity index (χ3n) is 4.36. The number of nitrogens with one attached hydrogen (secondary N) is 1. The molecule has 30 heavy (non-hydrogen) atoms. The Morgan fingerprint density at radius 1 is 1.03 bits per heavy atom. The monoisotopic (exact) mass is 538 g/mol. The molecule has 0 saturated heterocycles. The van der Waals surface area contributed by atoms with Crippen LogP contribution in [0.3, 0.4) is 0 Å². The fourth-order valence-electron chi connectivity index (χ4n) is 2.92. The second-order valence-corrected chi connectivity index (χ2v) is 6.68. The van der Waals surface area contributed by atoms with E-state index >= 15 is 0 Å². The molecule has 0 radical (unpaired) electrons. The molecule has 2 aromatic carbocycles. The predicted octanol–water partition coefficient (Wildman–Crippen LogP) is 1.24. The Morgan fingerprint density at radius 2 is 1.70 bits per heavy atom. The van der Waals surface area contributed by atoms with Crippen LogP contribution < -0.4 is 34.0 Å². The highest BCUT2D eigenvalue weighted by atomic mass is 127. The number of halogens is 3. The molecule has 0 aliphatic heterocycles.